The van der Waals surface area contributed by atoms with Crippen molar-refractivity contribution in [1.29, 1.82) is 0 Å². The number of pyridine rings is 1. The Hall–Kier alpha value is -2.69. The van der Waals surface area contributed by atoms with E-state index >= 15 is 0 Å². The molecule has 0 aliphatic heterocycles. The van der Waals surface area contributed by atoms with E-state index in [4.69, 9.17) is 0 Å². The van der Waals surface area contributed by atoms with Crippen molar-refractivity contribution in [1.82, 2.24) is 10.3 Å². The maximum Gasteiger partial charge on any atom is 0.313 e. The molecule has 0 unspecified atom stereocenters. The van der Waals surface area contributed by atoms with Crippen LogP contribution in [0.25, 0.3) is 0 Å². The van der Waals surface area contributed by atoms with Gasteiger partial charge in [0.25, 0.3) is 0 Å². The van der Waals surface area contributed by atoms with E-state index in [9.17, 15) is 9.59 Å². The Labute approximate surface area is 142 Å². The van der Waals surface area contributed by atoms with Crippen LogP contribution in [0.2, 0.25) is 0 Å². The molecule has 2 aromatic rings. The smallest absolute Gasteiger partial charge is 0.313 e. The molecule has 1 aromatic heterocycles. The van der Waals surface area contributed by atoms with Gasteiger partial charge in [-0.25, -0.2) is 0 Å². The number of anilines is 1. The minimum absolute atomic E-state index is 0.133. The molecular formula is C19H23N3O2. The molecule has 0 bridgehead atoms. The van der Waals surface area contributed by atoms with Gasteiger partial charge in [-0.15, -0.1) is 0 Å². The van der Waals surface area contributed by atoms with Crippen LogP contribution in [0, 0.1) is 6.92 Å². The molecule has 2 rings (SSSR count). The summed E-state index contributed by atoms with van der Waals surface area (Å²) in [6.45, 7) is 8.26. The van der Waals surface area contributed by atoms with E-state index in [2.05, 4.69) is 36.4 Å². The number of aromatic nitrogens is 1. The van der Waals surface area contributed by atoms with E-state index in [1.165, 1.54) is 0 Å². The van der Waals surface area contributed by atoms with Crippen molar-refractivity contribution in [3.05, 3.63) is 59.4 Å². The molecule has 0 aliphatic rings. The van der Waals surface area contributed by atoms with Crippen LogP contribution < -0.4 is 10.6 Å². The van der Waals surface area contributed by atoms with Gasteiger partial charge in [0.2, 0.25) is 0 Å². The summed E-state index contributed by atoms with van der Waals surface area (Å²) in [6, 6.07) is 13.0. The Morgan fingerprint density at radius 1 is 1.00 bits per heavy atom. The van der Waals surface area contributed by atoms with Crippen LogP contribution >= 0.6 is 0 Å². The summed E-state index contributed by atoms with van der Waals surface area (Å²) < 4.78 is 0. The van der Waals surface area contributed by atoms with E-state index in [1.807, 2.05) is 37.3 Å². The molecule has 0 saturated heterocycles. The van der Waals surface area contributed by atoms with Crippen LogP contribution in [0.5, 0.6) is 0 Å². The highest BCUT2D eigenvalue weighted by Gasteiger charge is 2.20. The number of amides is 2. The van der Waals surface area contributed by atoms with E-state index in [0.29, 0.717) is 11.4 Å². The molecule has 0 radical (unpaired) electrons. The Bertz CT molecular complexity index is 748. The Morgan fingerprint density at radius 3 is 2.38 bits per heavy atom. The van der Waals surface area contributed by atoms with E-state index in [0.717, 1.165) is 11.3 Å². The number of para-hydroxylation sites is 1. The average Bonchev–Trinajstić information content (AvgIpc) is 2.52. The second-order valence-corrected chi connectivity index (χ2v) is 6.70. The lowest BCUT2D eigenvalue weighted by molar-refractivity contribution is -0.136. The van der Waals surface area contributed by atoms with Crippen molar-refractivity contribution < 1.29 is 9.59 Å². The van der Waals surface area contributed by atoms with Crippen molar-refractivity contribution in [3.63, 3.8) is 0 Å². The van der Waals surface area contributed by atoms with Crippen molar-refractivity contribution in [2.24, 2.45) is 0 Å². The van der Waals surface area contributed by atoms with Crippen molar-refractivity contribution >= 4 is 17.5 Å². The minimum atomic E-state index is -0.681. The van der Waals surface area contributed by atoms with Gasteiger partial charge >= 0.3 is 11.8 Å². The zero-order valence-corrected chi connectivity index (χ0v) is 14.5. The average molecular weight is 325 g/mol. The molecule has 0 saturated carbocycles. The second-order valence-electron chi connectivity index (χ2n) is 6.70. The molecule has 5 nitrogen and oxygen atoms in total. The van der Waals surface area contributed by atoms with Gasteiger partial charge in [-0.3, -0.25) is 14.6 Å². The number of benzene rings is 1. The molecule has 0 fully saturated rings. The van der Waals surface area contributed by atoms with Gasteiger partial charge in [0.15, 0.2) is 0 Å². The number of carbonyl (C=O) groups excluding carboxylic acids is 2. The maximum atomic E-state index is 12.1. The van der Waals surface area contributed by atoms with Crippen molar-refractivity contribution in [2.45, 2.75) is 39.7 Å². The van der Waals surface area contributed by atoms with Gasteiger partial charge in [-0.1, -0.05) is 45.0 Å². The first-order valence-corrected chi connectivity index (χ1v) is 7.88. The summed E-state index contributed by atoms with van der Waals surface area (Å²) in [5.41, 5.74) is 3.08. The van der Waals surface area contributed by atoms with E-state index in [1.54, 1.807) is 12.1 Å². The number of nitrogens with one attached hydrogen (secondary N) is 2. The number of nitrogens with zero attached hydrogens (tertiary/aromatic N) is 1. The third kappa shape index (κ3) is 4.65. The molecule has 5 heteroatoms. The molecular weight excluding hydrogens is 302 g/mol. The van der Waals surface area contributed by atoms with Gasteiger partial charge < -0.3 is 10.6 Å². The lowest BCUT2D eigenvalue weighted by Gasteiger charge is -2.22. The van der Waals surface area contributed by atoms with Gasteiger partial charge in [-0.2, -0.15) is 0 Å². The molecule has 24 heavy (non-hydrogen) atoms. The van der Waals surface area contributed by atoms with Crippen LogP contribution in [-0.2, 0) is 21.5 Å². The van der Waals surface area contributed by atoms with Crippen molar-refractivity contribution in [3.8, 4) is 0 Å². The minimum Gasteiger partial charge on any atom is -0.342 e. The molecule has 0 spiro atoms. The third-order valence-corrected chi connectivity index (χ3v) is 3.57. The lowest BCUT2D eigenvalue weighted by Crippen LogP contribution is -2.35. The van der Waals surface area contributed by atoms with E-state index < -0.39 is 11.8 Å². The SMILES string of the molecule is Cc1cccc(CNC(=O)C(=O)Nc2ccccc2C(C)(C)C)n1. The summed E-state index contributed by atoms with van der Waals surface area (Å²) >= 11 is 0. The highest BCUT2D eigenvalue weighted by atomic mass is 16.2. The van der Waals surface area contributed by atoms with Gasteiger partial charge in [-0.05, 0) is 36.1 Å². The van der Waals surface area contributed by atoms with Crippen LogP contribution in [0.15, 0.2) is 42.5 Å². The second kappa shape index (κ2) is 7.25. The number of aryl methyl sites for hydroxylation is 1. The van der Waals surface area contributed by atoms with Crippen LogP contribution in [0.4, 0.5) is 5.69 Å². The standard InChI is InChI=1S/C19H23N3O2/c1-13-8-7-9-14(21-13)12-20-17(23)18(24)22-16-11-6-5-10-15(16)19(2,3)4/h5-11H,12H2,1-4H3,(H,20,23)(H,22,24). The van der Waals surface area contributed by atoms with Crippen molar-refractivity contribution in [2.75, 3.05) is 5.32 Å². The highest BCUT2D eigenvalue weighted by molar-refractivity contribution is 6.39. The van der Waals surface area contributed by atoms with Gasteiger partial charge in [0, 0.05) is 11.4 Å². The largest absolute Gasteiger partial charge is 0.342 e. The summed E-state index contributed by atoms with van der Waals surface area (Å²) in [4.78, 5) is 28.4. The third-order valence-electron chi connectivity index (χ3n) is 3.57. The fraction of sp³-hybridized carbons (Fsp3) is 0.316. The number of rotatable bonds is 3. The first-order chi connectivity index (χ1) is 11.3. The van der Waals surface area contributed by atoms with E-state index in [-0.39, 0.29) is 12.0 Å². The molecule has 2 N–H and O–H groups in total. The summed E-state index contributed by atoms with van der Waals surface area (Å²) in [5, 5.41) is 5.28. The zero-order chi connectivity index (χ0) is 17.7. The Balaban J connectivity index is 2.01. The molecule has 1 aromatic carbocycles. The monoisotopic (exact) mass is 325 g/mol. The topological polar surface area (TPSA) is 71.1 Å². The fourth-order valence-corrected chi connectivity index (χ4v) is 2.37. The first kappa shape index (κ1) is 17.7. The predicted molar refractivity (Wildman–Crippen MR) is 94.6 cm³/mol. The van der Waals surface area contributed by atoms with Crippen LogP contribution in [-0.4, -0.2) is 16.8 Å². The molecule has 0 atom stereocenters. The number of hydrogen-bond acceptors (Lipinski definition) is 3. The number of carbonyl (C=O) groups is 2. The summed E-state index contributed by atoms with van der Waals surface area (Å²) in [7, 11) is 0. The normalized spacial score (nSPS) is 11.0. The number of hydrogen-bond donors (Lipinski definition) is 2. The first-order valence-electron chi connectivity index (χ1n) is 7.88. The van der Waals surface area contributed by atoms with Gasteiger partial charge in [0.1, 0.15) is 0 Å². The Morgan fingerprint density at radius 2 is 1.71 bits per heavy atom. The Kier molecular flexibility index (Phi) is 5.34. The fourth-order valence-electron chi connectivity index (χ4n) is 2.37. The van der Waals surface area contributed by atoms with Gasteiger partial charge in [0.05, 0.1) is 12.2 Å². The molecule has 1 heterocycles. The molecule has 126 valence electrons. The zero-order valence-electron chi connectivity index (χ0n) is 14.5. The van der Waals surface area contributed by atoms with Crippen LogP contribution in [0.1, 0.15) is 37.7 Å². The molecule has 0 aliphatic carbocycles. The van der Waals surface area contributed by atoms with Crippen LogP contribution in [0.3, 0.4) is 0 Å². The highest BCUT2D eigenvalue weighted by Crippen LogP contribution is 2.29. The predicted octanol–water partition coefficient (Wildman–Crippen LogP) is 2.94. The maximum absolute atomic E-state index is 12.1. The lowest BCUT2D eigenvalue weighted by atomic mass is 9.86. The summed E-state index contributed by atoms with van der Waals surface area (Å²) in [6.07, 6.45) is 0. The quantitative estimate of drug-likeness (QED) is 0.852. The molecule has 2 amide bonds. The summed E-state index contributed by atoms with van der Waals surface area (Å²) in [5.74, 6) is -1.36.